The van der Waals surface area contributed by atoms with Gasteiger partial charge in [-0.15, -0.1) is 0 Å². The van der Waals surface area contributed by atoms with Crippen molar-refractivity contribution in [2.75, 3.05) is 5.32 Å². The Bertz CT molecular complexity index is 1340. The minimum Gasteiger partial charge on any atom is -0.507 e. The molecule has 8 nitrogen and oxygen atoms in total. The van der Waals surface area contributed by atoms with Gasteiger partial charge in [-0.3, -0.25) is 0 Å². The summed E-state index contributed by atoms with van der Waals surface area (Å²) in [4.78, 5) is 12.6. The van der Waals surface area contributed by atoms with Crippen molar-refractivity contribution in [1.82, 2.24) is 24.6 Å². The van der Waals surface area contributed by atoms with Crippen LogP contribution in [0.3, 0.4) is 0 Å². The number of hydrogen-bond donors (Lipinski definition) is 2. The second-order valence-corrected chi connectivity index (χ2v) is 6.53. The summed E-state index contributed by atoms with van der Waals surface area (Å²) in [5.74, 6) is 2.08. The lowest BCUT2D eigenvalue weighted by molar-refractivity contribution is 0.478. The van der Waals surface area contributed by atoms with Crippen LogP contribution in [0.2, 0.25) is 0 Å². The topological polar surface area (TPSA) is 97.5 Å². The average molecular weight is 384 g/mol. The molecule has 0 saturated heterocycles. The number of hydrogen-bond acceptors (Lipinski definition) is 7. The molecule has 0 fully saturated rings. The summed E-state index contributed by atoms with van der Waals surface area (Å²) in [5, 5.41) is 18.1. The van der Waals surface area contributed by atoms with Gasteiger partial charge in [0.1, 0.15) is 35.7 Å². The molecule has 142 valence electrons. The Morgan fingerprint density at radius 1 is 1.00 bits per heavy atom. The number of pyridine rings is 1. The highest BCUT2D eigenvalue weighted by Gasteiger charge is 2.10. The van der Waals surface area contributed by atoms with Crippen molar-refractivity contribution in [3.8, 4) is 17.2 Å². The minimum atomic E-state index is 0.131. The summed E-state index contributed by atoms with van der Waals surface area (Å²) in [6, 6.07) is 14.6. The van der Waals surface area contributed by atoms with E-state index in [9.17, 15) is 5.11 Å². The maximum atomic E-state index is 10.2. The zero-order valence-corrected chi connectivity index (χ0v) is 15.4. The lowest BCUT2D eigenvalue weighted by Crippen LogP contribution is -1.97. The Labute approximate surface area is 165 Å². The molecule has 0 saturated carbocycles. The van der Waals surface area contributed by atoms with Crippen LogP contribution in [-0.4, -0.2) is 29.7 Å². The van der Waals surface area contributed by atoms with Gasteiger partial charge in [0.15, 0.2) is 5.65 Å². The van der Waals surface area contributed by atoms with Gasteiger partial charge >= 0.3 is 0 Å². The number of aromatic nitrogens is 5. The number of aromatic hydroxyl groups is 1. The van der Waals surface area contributed by atoms with E-state index in [0.717, 1.165) is 17.0 Å². The van der Waals surface area contributed by atoms with Crippen LogP contribution in [0.15, 0.2) is 67.4 Å². The minimum absolute atomic E-state index is 0.131. The quantitative estimate of drug-likeness (QED) is 0.479. The van der Waals surface area contributed by atoms with Gasteiger partial charge in [-0.1, -0.05) is 6.07 Å². The van der Waals surface area contributed by atoms with Crippen LogP contribution in [0.4, 0.5) is 11.5 Å². The first-order valence-electron chi connectivity index (χ1n) is 8.95. The second-order valence-electron chi connectivity index (χ2n) is 6.53. The van der Waals surface area contributed by atoms with E-state index in [0.29, 0.717) is 28.1 Å². The number of fused-ring (bicyclic) bond motifs is 2. The molecule has 2 N–H and O–H groups in total. The maximum absolute atomic E-state index is 10.2. The number of aryl methyl sites for hydroxylation is 1. The van der Waals surface area contributed by atoms with Gasteiger partial charge in [-0.2, -0.15) is 5.10 Å². The number of benzene rings is 2. The molecule has 3 aromatic heterocycles. The van der Waals surface area contributed by atoms with Crippen molar-refractivity contribution < 1.29 is 9.84 Å². The van der Waals surface area contributed by atoms with Crippen LogP contribution in [0.5, 0.6) is 17.2 Å². The summed E-state index contributed by atoms with van der Waals surface area (Å²) in [6.45, 7) is 1.96. The lowest BCUT2D eigenvalue weighted by Gasteiger charge is -2.13. The predicted octanol–water partition coefficient (Wildman–Crippen LogP) is 4.22. The largest absolute Gasteiger partial charge is 0.507 e. The molecule has 0 unspecified atom stereocenters. The smallest absolute Gasteiger partial charge is 0.158 e. The molecule has 29 heavy (non-hydrogen) atoms. The molecular weight excluding hydrogens is 368 g/mol. The van der Waals surface area contributed by atoms with E-state index >= 15 is 0 Å². The zero-order chi connectivity index (χ0) is 19.8. The fourth-order valence-corrected chi connectivity index (χ4v) is 3.15. The van der Waals surface area contributed by atoms with Crippen molar-refractivity contribution in [2.24, 2.45) is 0 Å². The van der Waals surface area contributed by atoms with Crippen LogP contribution in [-0.2, 0) is 0 Å². The van der Waals surface area contributed by atoms with Gasteiger partial charge in [0.25, 0.3) is 0 Å². The number of ether oxygens (including phenoxy) is 1. The van der Waals surface area contributed by atoms with Gasteiger partial charge < -0.3 is 15.2 Å². The molecule has 3 heterocycles. The standard InChI is InChI=1S/C21H16N6O2/c1-13-9-14(26-21-20-16(22-11-24-21)3-2-4-17(20)28)5-6-18(13)29-15-7-8-27-19(10-15)23-12-25-27/h2-12,28H,1H3,(H,22,24,26). The van der Waals surface area contributed by atoms with Crippen LogP contribution in [0.25, 0.3) is 16.6 Å². The Morgan fingerprint density at radius 3 is 2.83 bits per heavy atom. The maximum Gasteiger partial charge on any atom is 0.158 e. The van der Waals surface area contributed by atoms with Gasteiger partial charge in [0, 0.05) is 18.0 Å². The third kappa shape index (κ3) is 3.16. The van der Waals surface area contributed by atoms with Crippen molar-refractivity contribution in [3.05, 3.63) is 72.9 Å². The summed E-state index contributed by atoms with van der Waals surface area (Å²) in [5.41, 5.74) is 3.15. The first-order chi connectivity index (χ1) is 14.2. The molecule has 0 aliphatic rings. The molecule has 0 bridgehead atoms. The van der Waals surface area contributed by atoms with E-state index < -0.39 is 0 Å². The summed E-state index contributed by atoms with van der Waals surface area (Å²) in [7, 11) is 0. The van der Waals surface area contributed by atoms with E-state index in [1.807, 2.05) is 43.3 Å². The zero-order valence-electron chi connectivity index (χ0n) is 15.4. The van der Waals surface area contributed by atoms with E-state index in [1.54, 1.807) is 22.8 Å². The third-order valence-electron chi connectivity index (χ3n) is 4.56. The number of nitrogens with one attached hydrogen (secondary N) is 1. The fourth-order valence-electron chi connectivity index (χ4n) is 3.15. The summed E-state index contributed by atoms with van der Waals surface area (Å²) < 4.78 is 7.68. The van der Waals surface area contributed by atoms with Crippen LogP contribution in [0.1, 0.15) is 5.56 Å². The van der Waals surface area contributed by atoms with Gasteiger partial charge in [0.05, 0.1) is 10.9 Å². The molecule has 0 radical (unpaired) electrons. The molecule has 8 heteroatoms. The Hall–Kier alpha value is -4.20. The predicted molar refractivity (Wildman–Crippen MR) is 109 cm³/mol. The van der Waals surface area contributed by atoms with Crippen molar-refractivity contribution in [1.29, 1.82) is 0 Å². The van der Waals surface area contributed by atoms with E-state index in [2.05, 4.69) is 25.4 Å². The van der Waals surface area contributed by atoms with Crippen molar-refractivity contribution in [2.45, 2.75) is 6.92 Å². The molecule has 2 aromatic carbocycles. The molecule has 0 aliphatic carbocycles. The van der Waals surface area contributed by atoms with E-state index in [-0.39, 0.29) is 5.75 Å². The van der Waals surface area contributed by atoms with Crippen molar-refractivity contribution in [3.63, 3.8) is 0 Å². The van der Waals surface area contributed by atoms with Crippen LogP contribution >= 0.6 is 0 Å². The first-order valence-corrected chi connectivity index (χ1v) is 8.95. The molecule has 0 amide bonds. The third-order valence-corrected chi connectivity index (χ3v) is 4.56. The molecular formula is C21H16N6O2. The van der Waals surface area contributed by atoms with Gasteiger partial charge in [-0.05, 0) is 48.9 Å². The fraction of sp³-hybridized carbons (Fsp3) is 0.0476. The number of rotatable bonds is 4. The molecule has 0 spiro atoms. The van der Waals surface area contributed by atoms with E-state index in [4.69, 9.17) is 4.74 Å². The Balaban J connectivity index is 1.43. The summed E-state index contributed by atoms with van der Waals surface area (Å²) in [6.07, 6.45) is 4.77. The second kappa shape index (κ2) is 6.75. The molecule has 5 aromatic rings. The Morgan fingerprint density at radius 2 is 1.93 bits per heavy atom. The molecule has 0 atom stereocenters. The first kappa shape index (κ1) is 16.9. The number of nitrogens with zero attached hydrogens (tertiary/aromatic N) is 5. The highest BCUT2D eigenvalue weighted by molar-refractivity contribution is 5.95. The normalized spacial score (nSPS) is 11.1. The van der Waals surface area contributed by atoms with Crippen molar-refractivity contribution >= 4 is 28.1 Å². The van der Waals surface area contributed by atoms with Gasteiger partial charge in [-0.25, -0.2) is 19.5 Å². The Kier molecular flexibility index (Phi) is 3.94. The average Bonchev–Trinajstić information content (AvgIpc) is 3.18. The number of phenols is 1. The van der Waals surface area contributed by atoms with E-state index in [1.165, 1.54) is 12.7 Å². The molecule has 5 rings (SSSR count). The van der Waals surface area contributed by atoms with Gasteiger partial charge in [0.2, 0.25) is 0 Å². The lowest BCUT2D eigenvalue weighted by atomic mass is 10.2. The van der Waals surface area contributed by atoms with Crippen LogP contribution < -0.4 is 10.1 Å². The molecule has 0 aliphatic heterocycles. The summed E-state index contributed by atoms with van der Waals surface area (Å²) >= 11 is 0. The number of phenolic OH excluding ortho intramolecular Hbond substituents is 1. The van der Waals surface area contributed by atoms with Crippen LogP contribution in [0, 0.1) is 6.92 Å². The SMILES string of the molecule is Cc1cc(Nc2ncnc3cccc(O)c23)ccc1Oc1ccn2ncnc2c1. The number of anilines is 2. The monoisotopic (exact) mass is 384 g/mol. The highest BCUT2D eigenvalue weighted by Crippen LogP contribution is 2.32. The highest BCUT2D eigenvalue weighted by atomic mass is 16.5.